The van der Waals surface area contributed by atoms with E-state index in [0.29, 0.717) is 44.0 Å². The number of likely N-dealkylation sites (tertiary alicyclic amines) is 1. The highest BCUT2D eigenvalue weighted by atomic mass is 16.2. The number of pyridine rings is 1. The van der Waals surface area contributed by atoms with Crippen molar-refractivity contribution in [2.75, 3.05) is 19.6 Å². The zero-order chi connectivity index (χ0) is 19.1. The van der Waals surface area contributed by atoms with Gasteiger partial charge in [-0.3, -0.25) is 14.6 Å². The maximum absolute atomic E-state index is 12.6. The number of carbonyl (C=O) groups is 2. The van der Waals surface area contributed by atoms with E-state index in [0.717, 1.165) is 6.42 Å². The van der Waals surface area contributed by atoms with E-state index in [9.17, 15) is 9.59 Å². The molecule has 1 saturated heterocycles. The summed E-state index contributed by atoms with van der Waals surface area (Å²) in [7, 11) is 0. The summed E-state index contributed by atoms with van der Waals surface area (Å²) in [5.74, 6) is 0.454. The molecule has 1 unspecified atom stereocenters. The van der Waals surface area contributed by atoms with E-state index in [-0.39, 0.29) is 17.7 Å². The zero-order valence-electron chi connectivity index (χ0n) is 15.8. The summed E-state index contributed by atoms with van der Waals surface area (Å²) in [6.07, 6.45) is 5.67. The Labute approximate surface area is 160 Å². The molecule has 1 aliphatic rings. The second-order valence-corrected chi connectivity index (χ2v) is 7.06. The molecule has 0 saturated carbocycles. The van der Waals surface area contributed by atoms with E-state index < -0.39 is 0 Å². The van der Waals surface area contributed by atoms with Crippen molar-refractivity contribution in [3.8, 4) is 0 Å². The maximum Gasteiger partial charge on any atom is 0.253 e. The molecule has 1 aliphatic heterocycles. The van der Waals surface area contributed by atoms with E-state index in [4.69, 9.17) is 0 Å². The highest BCUT2D eigenvalue weighted by Crippen LogP contribution is 2.21. The molecule has 3 rings (SSSR count). The molecule has 2 aromatic rings. The number of piperidine rings is 1. The third-order valence-corrected chi connectivity index (χ3v) is 5.37. The first-order valence-electron chi connectivity index (χ1n) is 9.71. The number of hydrogen-bond acceptors (Lipinski definition) is 3. The number of nitrogens with zero attached hydrogens (tertiary/aromatic N) is 2. The van der Waals surface area contributed by atoms with E-state index in [1.807, 2.05) is 23.1 Å². The maximum atomic E-state index is 12.6. The molecular formula is C22H27N3O2. The second-order valence-electron chi connectivity index (χ2n) is 7.06. The second kappa shape index (κ2) is 9.31. The average molecular weight is 365 g/mol. The van der Waals surface area contributed by atoms with Crippen LogP contribution in [0.25, 0.3) is 0 Å². The van der Waals surface area contributed by atoms with Crippen LogP contribution in [-0.2, 0) is 4.79 Å². The van der Waals surface area contributed by atoms with E-state index in [2.05, 4.69) is 29.4 Å². The molecule has 1 N–H and O–H groups in total. The van der Waals surface area contributed by atoms with Gasteiger partial charge in [-0.2, -0.15) is 0 Å². The Morgan fingerprint density at radius 1 is 1.11 bits per heavy atom. The average Bonchev–Trinajstić information content (AvgIpc) is 2.75. The molecule has 142 valence electrons. The van der Waals surface area contributed by atoms with Crippen molar-refractivity contribution in [1.82, 2.24) is 15.2 Å². The molecule has 1 aromatic heterocycles. The van der Waals surface area contributed by atoms with E-state index in [1.165, 1.54) is 5.56 Å². The monoisotopic (exact) mass is 365 g/mol. The summed E-state index contributed by atoms with van der Waals surface area (Å²) < 4.78 is 0. The van der Waals surface area contributed by atoms with Gasteiger partial charge in [0.2, 0.25) is 5.91 Å². The summed E-state index contributed by atoms with van der Waals surface area (Å²) in [6, 6.07) is 13.8. The van der Waals surface area contributed by atoms with Crippen LogP contribution >= 0.6 is 0 Å². The number of benzene rings is 1. The first kappa shape index (κ1) is 19.1. The summed E-state index contributed by atoms with van der Waals surface area (Å²) in [5, 5.41) is 3.13. The van der Waals surface area contributed by atoms with Crippen molar-refractivity contribution in [3.63, 3.8) is 0 Å². The van der Waals surface area contributed by atoms with Crippen LogP contribution in [0.5, 0.6) is 0 Å². The zero-order valence-corrected chi connectivity index (χ0v) is 15.8. The van der Waals surface area contributed by atoms with Crippen molar-refractivity contribution in [3.05, 3.63) is 66.0 Å². The van der Waals surface area contributed by atoms with Gasteiger partial charge in [0.05, 0.1) is 0 Å². The quantitative estimate of drug-likeness (QED) is 0.855. The fourth-order valence-corrected chi connectivity index (χ4v) is 3.61. The lowest BCUT2D eigenvalue weighted by Crippen LogP contribution is -2.43. The van der Waals surface area contributed by atoms with Crippen LogP contribution in [0.4, 0.5) is 0 Å². The van der Waals surface area contributed by atoms with Gasteiger partial charge >= 0.3 is 0 Å². The number of hydrogen-bond donors (Lipinski definition) is 1. The van der Waals surface area contributed by atoms with Gasteiger partial charge in [-0.25, -0.2) is 0 Å². The molecule has 0 bridgehead atoms. The molecule has 0 aliphatic carbocycles. The van der Waals surface area contributed by atoms with Gasteiger partial charge in [-0.05, 0) is 37.0 Å². The number of rotatable bonds is 6. The SMILES string of the molecule is CCC(CNC(=O)C1CCN(C(=O)c2ccncc2)CC1)c1ccccc1. The summed E-state index contributed by atoms with van der Waals surface area (Å²) in [5.41, 5.74) is 1.92. The largest absolute Gasteiger partial charge is 0.355 e. The molecule has 1 atom stereocenters. The van der Waals surface area contributed by atoms with Crippen molar-refractivity contribution in [1.29, 1.82) is 0 Å². The first-order chi connectivity index (χ1) is 13.2. The van der Waals surface area contributed by atoms with Gasteiger partial charge in [-0.1, -0.05) is 37.3 Å². The van der Waals surface area contributed by atoms with Gasteiger partial charge in [0.15, 0.2) is 0 Å². The number of amides is 2. The minimum Gasteiger partial charge on any atom is -0.355 e. The molecule has 2 amide bonds. The molecule has 27 heavy (non-hydrogen) atoms. The highest BCUT2D eigenvalue weighted by molar-refractivity contribution is 5.94. The van der Waals surface area contributed by atoms with Crippen LogP contribution in [0.3, 0.4) is 0 Å². The van der Waals surface area contributed by atoms with Crippen molar-refractivity contribution in [2.24, 2.45) is 5.92 Å². The number of carbonyl (C=O) groups excluding carboxylic acids is 2. The van der Waals surface area contributed by atoms with Gasteiger partial charge in [0.1, 0.15) is 0 Å². The van der Waals surface area contributed by atoms with E-state index in [1.54, 1.807) is 24.5 Å². The Hall–Kier alpha value is -2.69. The van der Waals surface area contributed by atoms with Crippen LogP contribution in [0, 0.1) is 5.92 Å². The molecule has 0 spiro atoms. The van der Waals surface area contributed by atoms with Crippen molar-refractivity contribution < 1.29 is 9.59 Å². The Bertz CT molecular complexity index is 741. The molecule has 0 radical (unpaired) electrons. The fraction of sp³-hybridized carbons (Fsp3) is 0.409. The minimum atomic E-state index is -0.0141. The molecule has 1 aromatic carbocycles. The Kier molecular flexibility index (Phi) is 6.58. The lowest BCUT2D eigenvalue weighted by Gasteiger charge is -2.31. The number of nitrogens with one attached hydrogen (secondary N) is 1. The Morgan fingerprint density at radius 3 is 2.41 bits per heavy atom. The summed E-state index contributed by atoms with van der Waals surface area (Å²) >= 11 is 0. The smallest absolute Gasteiger partial charge is 0.253 e. The predicted octanol–water partition coefficient (Wildman–Crippen LogP) is 3.24. The topological polar surface area (TPSA) is 62.3 Å². The normalized spacial score (nSPS) is 16.0. The van der Waals surface area contributed by atoms with Crippen LogP contribution in [0.15, 0.2) is 54.9 Å². The van der Waals surface area contributed by atoms with Gasteiger partial charge in [0.25, 0.3) is 5.91 Å². The van der Waals surface area contributed by atoms with Crippen LogP contribution in [-0.4, -0.2) is 41.3 Å². The lowest BCUT2D eigenvalue weighted by molar-refractivity contribution is -0.126. The predicted molar refractivity (Wildman–Crippen MR) is 105 cm³/mol. The summed E-state index contributed by atoms with van der Waals surface area (Å²) in [6.45, 7) is 4.05. The number of aromatic nitrogens is 1. The Balaban J connectivity index is 1.48. The van der Waals surface area contributed by atoms with Crippen LogP contribution in [0.2, 0.25) is 0 Å². The molecule has 5 heteroatoms. The van der Waals surface area contributed by atoms with Gasteiger partial charge < -0.3 is 10.2 Å². The van der Waals surface area contributed by atoms with Gasteiger partial charge in [-0.15, -0.1) is 0 Å². The van der Waals surface area contributed by atoms with Crippen LogP contribution in [0.1, 0.15) is 48.0 Å². The van der Waals surface area contributed by atoms with Gasteiger partial charge in [0, 0.05) is 49.4 Å². The molecule has 5 nitrogen and oxygen atoms in total. The lowest BCUT2D eigenvalue weighted by atomic mass is 9.93. The van der Waals surface area contributed by atoms with E-state index >= 15 is 0 Å². The highest BCUT2D eigenvalue weighted by Gasteiger charge is 2.28. The van der Waals surface area contributed by atoms with Crippen molar-refractivity contribution >= 4 is 11.8 Å². The Morgan fingerprint density at radius 2 is 1.78 bits per heavy atom. The van der Waals surface area contributed by atoms with Crippen LogP contribution < -0.4 is 5.32 Å². The van der Waals surface area contributed by atoms with Crippen molar-refractivity contribution in [2.45, 2.75) is 32.1 Å². The third kappa shape index (κ3) is 4.94. The fourth-order valence-electron chi connectivity index (χ4n) is 3.61. The first-order valence-corrected chi connectivity index (χ1v) is 9.71. The summed E-state index contributed by atoms with van der Waals surface area (Å²) in [4.78, 5) is 30.8. The standard InChI is InChI=1S/C22H27N3O2/c1-2-17(18-6-4-3-5-7-18)16-24-21(26)19-10-14-25(15-11-19)22(27)20-8-12-23-13-9-20/h3-9,12-13,17,19H,2,10-11,14-16H2,1H3,(H,24,26). The third-order valence-electron chi connectivity index (χ3n) is 5.37. The molecule has 2 heterocycles. The molecule has 1 fully saturated rings. The minimum absolute atomic E-state index is 0.0141. The molecular weight excluding hydrogens is 338 g/mol.